The van der Waals surface area contributed by atoms with E-state index in [4.69, 9.17) is 4.98 Å². The first kappa shape index (κ1) is 16.8. The van der Waals surface area contributed by atoms with Crippen LogP contribution in [-0.2, 0) is 12.0 Å². The normalized spacial score (nSPS) is 23.3. The molecular formula is C17H31N3S. The summed E-state index contributed by atoms with van der Waals surface area (Å²) in [5.41, 5.74) is 1.37. The maximum absolute atomic E-state index is 5.00. The zero-order chi connectivity index (χ0) is 15.6. The third-order valence-electron chi connectivity index (χ3n) is 4.49. The molecule has 1 aliphatic rings. The van der Waals surface area contributed by atoms with E-state index >= 15 is 0 Å². The maximum atomic E-state index is 5.00. The Morgan fingerprint density at radius 2 is 2.05 bits per heavy atom. The Kier molecular flexibility index (Phi) is 5.31. The molecular weight excluding hydrogens is 278 g/mol. The molecule has 120 valence electrons. The van der Waals surface area contributed by atoms with Crippen molar-refractivity contribution in [3.8, 4) is 0 Å². The van der Waals surface area contributed by atoms with Crippen LogP contribution >= 0.6 is 11.3 Å². The van der Waals surface area contributed by atoms with Crippen LogP contribution in [0.25, 0.3) is 0 Å². The van der Waals surface area contributed by atoms with Crippen molar-refractivity contribution in [3.63, 3.8) is 0 Å². The minimum atomic E-state index is 0.113. The van der Waals surface area contributed by atoms with Crippen molar-refractivity contribution >= 4 is 16.5 Å². The molecule has 1 aliphatic carbocycles. The van der Waals surface area contributed by atoms with Crippen LogP contribution in [0.3, 0.4) is 0 Å². The van der Waals surface area contributed by atoms with Crippen molar-refractivity contribution in [2.24, 2.45) is 5.92 Å². The summed E-state index contributed by atoms with van der Waals surface area (Å²) in [6.45, 7) is 10.1. The molecule has 3 nitrogen and oxygen atoms in total. The van der Waals surface area contributed by atoms with Gasteiger partial charge in [-0.25, -0.2) is 4.98 Å². The predicted octanol–water partition coefficient (Wildman–Crippen LogP) is 4.17. The number of anilines is 1. The number of hydrogen-bond acceptors (Lipinski definition) is 4. The van der Waals surface area contributed by atoms with Gasteiger partial charge in [0.15, 0.2) is 5.13 Å². The first-order chi connectivity index (χ1) is 9.82. The third-order valence-corrected chi connectivity index (χ3v) is 5.64. The molecule has 0 saturated heterocycles. The molecule has 0 radical (unpaired) electrons. The van der Waals surface area contributed by atoms with Gasteiger partial charge in [0.05, 0.1) is 5.69 Å². The molecule has 1 N–H and O–H groups in total. The Bertz CT molecular complexity index is 461. The summed E-state index contributed by atoms with van der Waals surface area (Å²) >= 11 is 1.87. The van der Waals surface area contributed by atoms with Crippen LogP contribution < -0.4 is 10.2 Å². The fraction of sp³-hybridized carbons (Fsp3) is 0.824. The Morgan fingerprint density at radius 1 is 1.33 bits per heavy atom. The minimum Gasteiger partial charge on any atom is -0.348 e. The van der Waals surface area contributed by atoms with Gasteiger partial charge < -0.3 is 10.2 Å². The molecule has 1 saturated carbocycles. The van der Waals surface area contributed by atoms with Crippen LogP contribution in [-0.4, -0.2) is 25.1 Å². The predicted molar refractivity (Wildman–Crippen MR) is 93.4 cm³/mol. The lowest BCUT2D eigenvalue weighted by atomic mass is 9.86. The van der Waals surface area contributed by atoms with E-state index in [1.807, 2.05) is 18.4 Å². The molecule has 2 unspecified atom stereocenters. The van der Waals surface area contributed by atoms with Gasteiger partial charge in [0, 0.05) is 29.9 Å². The zero-order valence-corrected chi connectivity index (χ0v) is 15.3. The number of rotatable bonds is 4. The lowest BCUT2D eigenvalue weighted by Gasteiger charge is -2.34. The fourth-order valence-corrected chi connectivity index (χ4v) is 4.58. The van der Waals surface area contributed by atoms with E-state index in [-0.39, 0.29) is 5.41 Å². The molecule has 1 heterocycles. The van der Waals surface area contributed by atoms with E-state index in [2.05, 4.69) is 45.0 Å². The fourth-order valence-electron chi connectivity index (χ4n) is 3.27. The van der Waals surface area contributed by atoms with Gasteiger partial charge in [0.1, 0.15) is 0 Å². The summed E-state index contributed by atoms with van der Waals surface area (Å²) in [5.74, 6) is 0.852. The summed E-state index contributed by atoms with van der Waals surface area (Å²) < 4.78 is 0. The van der Waals surface area contributed by atoms with Crippen molar-refractivity contribution in [3.05, 3.63) is 10.6 Å². The van der Waals surface area contributed by atoms with Crippen LogP contribution in [0.1, 0.15) is 63.9 Å². The van der Waals surface area contributed by atoms with Gasteiger partial charge in [-0.15, -0.1) is 11.3 Å². The Labute approximate surface area is 134 Å². The Balaban J connectivity index is 2.22. The van der Waals surface area contributed by atoms with Crippen LogP contribution in [0.2, 0.25) is 0 Å². The molecule has 0 amide bonds. The monoisotopic (exact) mass is 309 g/mol. The number of aromatic nitrogens is 1. The average Bonchev–Trinajstić information content (AvgIpc) is 2.82. The van der Waals surface area contributed by atoms with E-state index in [1.165, 1.54) is 41.4 Å². The van der Waals surface area contributed by atoms with E-state index < -0.39 is 0 Å². The number of thiazole rings is 1. The van der Waals surface area contributed by atoms with Gasteiger partial charge in [0.25, 0.3) is 0 Å². The smallest absolute Gasteiger partial charge is 0.185 e. The average molecular weight is 310 g/mol. The van der Waals surface area contributed by atoms with E-state index in [0.29, 0.717) is 6.04 Å². The van der Waals surface area contributed by atoms with E-state index in [0.717, 1.165) is 12.5 Å². The summed E-state index contributed by atoms with van der Waals surface area (Å²) in [7, 11) is 4.25. The molecule has 4 heteroatoms. The Morgan fingerprint density at radius 3 is 2.62 bits per heavy atom. The van der Waals surface area contributed by atoms with Gasteiger partial charge in [0.2, 0.25) is 0 Å². The molecule has 1 fully saturated rings. The van der Waals surface area contributed by atoms with Gasteiger partial charge in [-0.05, 0) is 25.8 Å². The standard InChI is InChI=1S/C17H31N3S/c1-12-8-7-9-13(10-12)20(6)16-19-15(17(2,3)4)14(21-16)11-18-5/h12-13,18H,7-11H2,1-6H3. The van der Waals surface area contributed by atoms with Crippen molar-refractivity contribution in [1.29, 1.82) is 0 Å². The van der Waals surface area contributed by atoms with Crippen LogP contribution in [0.4, 0.5) is 5.13 Å². The van der Waals surface area contributed by atoms with Crippen LogP contribution in [0, 0.1) is 5.92 Å². The molecule has 2 atom stereocenters. The molecule has 0 aromatic carbocycles. The Hall–Kier alpha value is -0.610. The number of hydrogen-bond donors (Lipinski definition) is 1. The summed E-state index contributed by atoms with van der Waals surface area (Å²) in [6, 6.07) is 0.662. The third kappa shape index (κ3) is 3.98. The zero-order valence-electron chi connectivity index (χ0n) is 14.5. The van der Waals surface area contributed by atoms with E-state index in [1.54, 1.807) is 0 Å². The second kappa shape index (κ2) is 6.66. The lowest BCUT2D eigenvalue weighted by Crippen LogP contribution is -2.35. The van der Waals surface area contributed by atoms with Gasteiger partial charge in [-0.2, -0.15) is 0 Å². The summed E-state index contributed by atoms with van der Waals surface area (Å²) in [6.07, 6.45) is 5.37. The van der Waals surface area contributed by atoms with Crippen molar-refractivity contribution in [1.82, 2.24) is 10.3 Å². The van der Waals surface area contributed by atoms with Gasteiger partial charge in [-0.1, -0.05) is 40.5 Å². The first-order valence-electron chi connectivity index (χ1n) is 8.20. The molecule has 0 bridgehead atoms. The SMILES string of the molecule is CNCc1sc(N(C)C2CCCC(C)C2)nc1C(C)(C)C. The maximum Gasteiger partial charge on any atom is 0.185 e. The largest absolute Gasteiger partial charge is 0.348 e. The second-order valence-corrected chi connectivity index (χ2v) is 8.65. The molecule has 21 heavy (non-hydrogen) atoms. The summed E-state index contributed by atoms with van der Waals surface area (Å²) in [4.78, 5) is 8.83. The van der Waals surface area contributed by atoms with Gasteiger partial charge >= 0.3 is 0 Å². The van der Waals surface area contributed by atoms with Crippen molar-refractivity contribution < 1.29 is 0 Å². The second-order valence-electron chi connectivity index (χ2n) is 7.59. The topological polar surface area (TPSA) is 28.2 Å². The molecule has 1 aromatic rings. The lowest BCUT2D eigenvalue weighted by molar-refractivity contribution is 0.336. The molecule has 2 rings (SSSR count). The van der Waals surface area contributed by atoms with Crippen LogP contribution in [0.5, 0.6) is 0 Å². The number of nitrogens with one attached hydrogen (secondary N) is 1. The highest BCUT2D eigenvalue weighted by Gasteiger charge is 2.28. The first-order valence-corrected chi connectivity index (χ1v) is 9.02. The van der Waals surface area contributed by atoms with Gasteiger partial charge in [-0.3, -0.25) is 0 Å². The molecule has 0 spiro atoms. The highest BCUT2D eigenvalue weighted by molar-refractivity contribution is 7.15. The number of nitrogens with zero attached hydrogens (tertiary/aromatic N) is 2. The van der Waals surface area contributed by atoms with Crippen LogP contribution in [0.15, 0.2) is 0 Å². The van der Waals surface area contributed by atoms with Crippen molar-refractivity contribution in [2.45, 2.75) is 71.4 Å². The highest BCUT2D eigenvalue weighted by Crippen LogP contribution is 2.36. The highest BCUT2D eigenvalue weighted by atomic mass is 32.1. The van der Waals surface area contributed by atoms with E-state index in [9.17, 15) is 0 Å². The summed E-state index contributed by atoms with van der Waals surface area (Å²) in [5, 5.41) is 4.49. The van der Waals surface area contributed by atoms with Crippen molar-refractivity contribution in [2.75, 3.05) is 19.0 Å². The quantitative estimate of drug-likeness (QED) is 0.904. The molecule has 0 aliphatic heterocycles. The molecule has 1 aromatic heterocycles. The minimum absolute atomic E-state index is 0.113.